The molecule has 0 aliphatic heterocycles. The fourth-order valence-corrected chi connectivity index (χ4v) is 4.50. The molecule has 164 valence electrons. The first-order chi connectivity index (χ1) is 15.8. The minimum Gasteiger partial charge on any atom is -0.366 e. The SMILES string of the molecule is Cc1cc(C)c(Cn2c(C)nc3c(C(N)=O)cc(-c4ccc5ccccc5c4)cc32)c(=O)[nH]1. The number of pyridine rings is 1. The van der Waals surface area contributed by atoms with Crippen LogP contribution in [0.5, 0.6) is 0 Å². The van der Waals surface area contributed by atoms with Crippen LogP contribution in [0.4, 0.5) is 0 Å². The molecule has 33 heavy (non-hydrogen) atoms. The molecule has 0 spiro atoms. The van der Waals surface area contributed by atoms with E-state index in [0.717, 1.165) is 38.7 Å². The second-order valence-electron chi connectivity index (χ2n) is 8.51. The molecule has 0 saturated heterocycles. The van der Waals surface area contributed by atoms with Crippen molar-refractivity contribution < 1.29 is 4.79 Å². The van der Waals surface area contributed by atoms with Crippen LogP contribution in [0.15, 0.2) is 65.5 Å². The van der Waals surface area contributed by atoms with Crippen molar-refractivity contribution in [1.82, 2.24) is 14.5 Å². The van der Waals surface area contributed by atoms with Crippen LogP contribution < -0.4 is 11.3 Å². The highest BCUT2D eigenvalue weighted by atomic mass is 16.1. The maximum Gasteiger partial charge on any atom is 0.253 e. The monoisotopic (exact) mass is 436 g/mol. The molecule has 0 atom stereocenters. The van der Waals surface area contributed by atoms with Crippen molar-refractivity contribution in [1.29, 1.82) is 0 Å². The van der Waals surface area contributed by atoms with Crippen molar-refractivity contribution in [2.24, 2.45) is 5.73 Å². The number of nitrogens with zero attached hydrogens (tertiary/aromatic N) is 2. The lowest BCUT2D eigenvalue weighted by molar-refractivity contribution is 0.100. The zero-order chi connectivity index (χ0) is 23.3. The molecule has 0 bridgehead atoms. The van der Waals surface area contributed by atoms with Crippen molar-refractivity contribution in [2.75, 3.05) is 0 Å². The number of nitrogens with one attached hydrogen (secondary N) is 1. The van der Waals surface area contributed by atoms with Crippen molar-refractivity contribution in [3.8, 4) is 11.1 Å². The Hall–Kier alpha value is -4.19. The summed E-state index contributed by atoms with van der Waals surface area (Å²) in [6.07, 6.45) is 0. The number of aromatic nitrogens is 3. The lowest BCUT2D eigenvalue weighted by Crippen LogP contribution is -2.19. The molecule has 0 radical (unpaired) electrons. The number of aryl methyl sites for hydroxylation is 3. The van der Waals surface area contributed by atoms with Gasteiger partial charge in [-0.15, -0.1) is 0 Å². The van der Waals surface area contributed by atoms with E-state index in [0.29, 0.717) is 29.0 Å². The van der Waals surface area contributed by atoms with Gasteiger partial charge in [0.1, 0.15) is 11.3 Å². The molecular weight excluding hydrogens is 412 g/mol. The Morgan fingerprint density at radius 1 is 0.970 bits per heavy atom. The average Bonchev–Trinajstić information content (AvgIpc) is 3.09. The van der Waals surface area contributed by atoms with E-state index < -0.39 is 5.91 Å². The summed E-state index contributed by atoms with van der Waals surface area (Å²) < 4.78 is 1.97. The first-order valence-corrected chi connectivity index (χ1v) is 10.8. The Labute approximate surface area is 190 Å². The molecule has 2 aromatic heterocycles. The molecule has 5 aromatic rings. The first-order valence-electron chi connectivity index (χ1n) is 10.8. The summed E-state index contributed by atoms with van der Waals surface area (Å²) in [6, 6.07) is 20.1. The van der Waals surface area contributed by atoms with Crippen LogP contribution in [0.3, 0.4) is 0 Å². The molecule has 0 unspecified atom stereocenters. The standard InChI is InChI=1S/C27H24N4O2/c1-15-10-16(2)29-27(33)23(15)14-31-17(3)30-25-22(26(28)32)12-21(13-24(25)31)20-9-8-18-6-4-5-7-19(18)11-20/h4-13H,14H2,1-3H3,(H2,28,32)(H,29,33). The number of primary amides is 1. The Morgan fingerprint density at radius 2 is 1.73 bits per heavy atom. The third-order valence-electron chi connectivity index (χ3n) is 6.20. The van der Waals surface area contributed by atoms with E-state index >= 15 is 0 Å². The molecule has 2 heterocycles. The topological polar surface area (TPSA) is 93.8 Å². The number of H-pyrrole nitrogens is 1. The van der Waals surface area contributed by atoms with Crippen LogP contribution in [-0.2, 0) is 6.54 Å². The Balaban J connectivity index is 1.73. The minimum absolute atomic E-state index is 0.116. The van der Waals surface area contributed by atoms with Crippen LogP contribution in [-0.4, -0.2) is 20.4 Å². The number of hydrogen-bond acceptors (Lipinski definition) is 3. The van der Waals surface area contributed by atoms with Crippen molar-refractivity contribution in [2.45, 2.75) is 27.3 Å². The maximum absolute atomic E-state index is 12.7. The van der Waals surface area contributed by atoms with Crippen molar-refractivity contribution in [3.63, 3.8) is 0 Å². The van der Waals surface area contributed by atoms with E-state index in [-0.39, 0.29) is 5.56 Å². The smallest absolute Gasteiger partial charge is 0.253 e. The van der Waals surface area contributed by atoms with Crippen molar-refractivity contribution >= 4 is 27.7 Å². The molecular formula is C27H24N4O2. The van der Waals surface area contributed by atoms with Gasteiger partial charge in [0.25, 0.3) is 11.5 Å². The second kappa shape index (κ2) is 7.74. The van der Waals surface area contributed by atoms with E-state index in [2.05, 4.69) is 34.2 Å². The highest BCUT2D eigenvalue weighted by Gasteiger charge is 2.18. The van der Waals surface area contributed by atoms with Gasteiger partial charge in [0.05, 0.1) is 17.6 Å². The zero-order valence-electron chi connectivity index (χ0n) is 18.8. The molecule has 6 heteroatoms. The third-order valence-corrected chi connectivity index (χ3v) is 6.20. The highest BCUT2D eigenvalue weighted by molar-refractivity contribution is 6.06. The maximum atomic E-state index is 12.7. The summed E-state index contributed by atoms with van der Waals surface area (Å²) in [5.74, 6) is 0.180. The lowest BCUT2D eigenvalue weighted by atomic mass is 9.98. The van der Waals surface area contributed by atoms with Gasteiger partial charge in [-0.1, -0.05) is 36.4 Å². The molecule has 6 nitrogen and oxygen atoms in total. The van der Waals surface area contributed by atoms with E-state index in [1.54, 1.807) is 6.07 Å². The van der Waals surface area contributed by atoms with Crippen LogP contribution in [0.25, 0.3) is 32.9 Å². The second-order valence-corrected chi connectivity index (χ2v) is 8.51. The molecule has 5 rings (SSSR count). The molecule has 1 amide bonds. The van der Waals surface area contributed by atoms with Gasteiger partial charge in [-0.2, -0.15) is 0 Å². The van der Waals surface area contributed by atoms with E-state index in [1.165, 1.54) is 0 Å². The molecule has 0 aliphatic rings. The van der Waals surface area contributed by atoms with Gasteiger partial charge in [-0.05, 0) is 72.5 Å². The largest absolute Gasteiger partial charge is 0.366 e. The van der Waals surface area contributed by atoms with Crippen LogP contribution in [0.2, 0.25) is 0 Å². The van der Waals surface area contributed by atoms with E-state index in [9.17, 15) is 9.59 Å². The molecule has 0 aliphatic carbocycles. The number of carbonyl (C=O) groups is 1. The van der Waals surface area contributed by atoms with Crippen LogP contribution in [0.1, 0.15) is 33.0 Å². The van der Waals surface area contributed by atoms with Crippen molar-refractivity contribution in [3.05, 3.63) is 99.2 Å². The van der Waals surface area contributed by atoms with Crippen LogP contribution >= 0.6 is 0 Å². The quantitative estimate of drug-likeness (QED) is 0.431. The van der Waals surface area contributed by atoms with Crippen LogP contribution in [0, 0.1) is 20.8 Å². The first kappa shape index (κ1) is 20.7. The number of hydrogen-bond donors (Lipinski definition) is 2. The Morgan fingerprint density at radius 3 is 2.45 bits per heavy atom. The van der Waals surface area contributed by atoms with Gasteiger partial charge in [0.2, 0.25) is 0 Å². The number of imidazole rings is 1. The van der Waals surface area contributed by atoms with E-state index in [4.69, 9.17) is 5.73 Å². The number of benzene rings is 3. The van der Waals surface area contributed by atoms with Gasteiger partial charge in [0.15, 0.2) is 0 Å². The molecule has 0 fully saturated rings. The number of amides is 1. The predicted octanol–water partition coefficient (Wildman–Crippen LogP) is 4.62. The molecule has 0 saturated carbocycles. The van der Waals surface area contributed by atoms with Gasteiger partial charge in [0, 0.05) is 11.3 Å². The third kappa shape index (κ3) is 3.59. The summed E-state index contributed by atoms with van der Waals surface area (Å²) in [5, 5.41) is 2.26. The number of rotatable bonds is 4. The molecule has 3 N–H and O–H groups in total. The number of nitrogens with two attached hydrogens (primary N) is 1. The normalized spacial score (nSPS) is 11.4. The summed E-state index contributed by atoms with van der Waals surface area (Å²) in [4.78, 5) is 32.5. The minimum atomic E-state index is -0.531. The van der Waals surface area contributed by atoms with Gasteiger partial charge >= 0.3 is 0 Å². The number of carbonyl (C=O) groups excluding carboxylic acids is 1. The predicted molar refractivity (Wildman–Crippen MR) is 132 cm³/mol. The van der Waals surface area contributed by atoms with Gasteiger partial charge in [-0.25, -0.2) is 4.98 Å². The molecule has 3 aromatic carbocycles. The van der Waals surface area contributed by atoms with Gasteiger partial charge < -0.3 is 15.3 Å². The average molecular weight is 437 g/mol. The lowest BCUT2D eigenvalue weighted by Gasteiger charge is -2.12. The number of aromatic amines is 1. The number of fused-ring (bicyclic) bond motifs is 2. The van der Waals surface area contributed by atoms with E-state index in [1.807, 2.05) is 55.7 Å². The fraction of sp³-hybridized carbons (Fsp3) is 0.148. The Kier molecular flexibility index (Phi) is 4.86. The Bertz CT molecular complexity index is 1630. The summed E-state index contributed by atoms with van der Waals surface area (Å²) in [5.41, 5.74) is 11.6. The summed E-state index contributed by atoms with van der Waals surface area (Å²) >= 11 is 0. The summed E-state index contributed by atoms with van der Waals surface area (Å²) in [7, 11) is 0. The zero-order valence-corrected chi connectivity index (χ0v) is 18.8. The fourth-order valence-electron chi connectivity index (χ4n) is 4.50. The van der Waals surface area contributed by atoms with Gasteiger partial charge in [-0.3, -0.25) is 9.59 Å². The highest BCUT2D eigenvalue weighted by Crippen LogP contribution is 2.31. The summed E-state index contributed by atoms with van der Waals surface area (Å²) in [6.45, 7) is 6.02.